The molecule has 1 aliphatic heterocycles. The van der Waals surface area contributed by atoms with Gasteiger partial charge in [0.15, 0.2) is 0 Å². The molecule has 1 N–H and O–H groups in total. The van der Waals surface area contributed by atoms with Crippen molar-refractivity contribution in [3.63, 3.8) is 0 Å². The number of carbonyl (C=O) groups excluding carboxylic acids is 1. The minimum Gasteiger partial charge on any atom is -0.444 e. The van der Waals surface area contributed by atoms with Gasteiger partial charge in [0.25, 0.3) is 0 Å². The Bertz CT molecular complexity index is 487. The van der Waals surface area contributed by atoms with Crippen LogP contribution in [0.2, 0.25) is 0 Å². The summed E-state index contributed by atoms with van der Waals surface area (Å²) in [7, 11) is 0. The highest BCUT2D eigenvalue weighted by molar-refractivity contribution is 7.09. The molecule has 2 heterocycles. The molecule has 1 aliphatic rings. The molecule has 1 aromatic heterocycles. The number of morpholine rings is 1. The molecule has 2 atom stereocenters. The number of ether oxygens (including phenoxy) is 2. The molecule has 6 nitrogen and oxygen atoms in total. The number of thiazole rings is 1. The minimum absolute atomic E-state index is 0.0393. The third-order valence-electron chi connectivity index (χ3n) is 3.57. The van der Waals surface area contributed by atoms with Gasteiger partial charge in [0.05, 0.1) is 19.3 Å². The van der Waals surface area contributed by atoms with E-state index in [4.69, 9.17) is 9.47 Å². The highest BCUT2D eigenvalue weighted by Gasteiger charge is 2.31. The normalized spacial score (nSPS) is 20.3. The maximum atomic E-state index is 12.4. The van der Waals surface area contributed by atoms with Crippen LogP contribution in [0.3, 0.4) is 0 Å². The van der Waals surface area contributed by atoms with Gasteiger partial charge in [-0.15, -0.1) is 11.3 Å². The second-order valence-electron chi connectivity index (χ2n) is 6.85. The van der Waals surface area contributed by atoms with Gasteiger partial charge < -0.3 is 19.7 Å². The number of hydrogen-bond acceptors (Lipinski definition) is 6. The van der Waals surface area contributed by atoms with Crippen LogP contribution >= 0.6 is 11.3 Å². The van der Waals surface area contributed by atoms with Crippen LogP contribution in [0.4, 0.5) is 4.79 Å². The Hall–Kier alpha value is -1.18. The van der Waals surface area contributed by atoms with Crippen LogP contribution < -0.4 is 5.32 Å². The lowest BCUT2D eigenvalue weighted by molar-refractivity contribution is -0.0356. The first-order chi connectivity index (χ1) is 10.8. The number of aromatic nitrogens is 1. The molecule has 0 saturated carbocycles. The molecule has 0 radical (unpaired) electrons. The summed E-state index contributed by atoms with van der Waals surface area (Å²) in [6.45, 7) is 10.2. The van der Waals surface area contributed by atoms with Gasteiger partial charge in [-0.1, -0.05) is 0 Å². The Morgan fingerprint density at radius 2 is 2.39 bits per heavy atom. The standard InChI is InChI=1S/C16H27N3O3S/c1-12(18-10-14-17-5-8-23-14)9-13-11-21-7-6-19(13)15(20)22-16(2,3)4/h5,8,12-13,18H,6-7,9-11H2,1-4H3. The van der Waals surface area contributed by atoms with Crippen molar-refractivity contribution < 1.29 is 14.3 Å². The lowest BCUT2D eigenvalue weighted by atomic mass is 10.1. The number of hydrogen-bond donors (Lipinski definition) is 1. The molecule has 7 heteroatoms. The zero-order valence-corrected chi connectivity index (χ0v) is 15.2. The quantitative estimate of drug-likeness (QED) is 0.892. The molecule has 1 fully saturated rings. The summed E-state index contributed by atoms with van der Waals surface area (Å²) in [5.74, 6) is 0. The Kier molecular flexibility index (Phi) is 6.38. The highest BCUT2D eigenvalue weighted by Crippen LogP contribution is 2.18. The van der Waals surface area contributed by atoms with Gasteiger partial charge in [0.1, 0.15) is 10.6 Å². The van der Waals surface area contributed by atoms with E-state index in [1.54, 1.807) is 16.2 Å². The first-order valence-corrected chi connectivity index (χ1v) is 8.92. The van der Waals surface area contributed by atoms with Crippen LogP contribution in [0.25, 0.3) is 0 Å². The first kappa shape index (κ1) is 18.2. The molecular formula is C16H27N3O3S. The van der Waals surface area contributed by atoms with E-state index in [1.807, 2.05) is 32.3 Å². The Balaban J connectivity index is 1.86. The van der Waals surface area contributed by atoms with E-state index >= 15 is 0 Å². The average Bonchev–Trinajstić information content (AvgIpc) is 2.97. The molecule has 1 amide bonds. The third kappa shape index (κ3) is 6.08. The predicted octanol–water partition coefficient (Wildman–Crippen LogP) is 2.65. The van der Waals surface area contributed by atoms with Gasteiger partial charge >= 0.3 is 6.09 Å². The Labute approximate surface area is 142 Å². The molecular weight excluding hydrogens is 314 g/mol. The van der Waals surface area contributed by atoms with Crippen molar-refractivity contribution >= 4 is 17.4 Å². The fourth-order valence-electron chi connectivity index (χ4n) is 2.50. The van der Waals surface area contributed by atoms with E-state index in [0.29, 0.717) is 19.8 Å². The van der Waals surface area contributed by atoms with E-state index in [0.717, 1.165) is 18.0 Å². The summed E-state index contributed by atoms with van der Waals surface area (Å²) in [6.07, 6.45) is 2.38. The maximum Gasteiger partial charge on any atom is 0.410 e. The predicted molar refractivity (Wildman–Crippen MR) is 90.6 cm³/mol. The van der Waals surface area contributed by atoms with Crippen molar-refractivity contribution in [2.45, 2.75) is 58.3 Å². The fourth-order valence-corrected chi connectivity index (χ4v) is 3.07. The zero-order chi connectivity index (χ0) is 16.9. The highest BCUT2D eigenvalue weighted by atomic mass is 32.1. The summed E-state index contributed by atoms with van der Waals surface area (Å²) in [5.41, 5.74) is -0.478. The Morgan fingerprint density at radius 3 is 3.04 bits per heavy atom. The van der Waals surface area contributed by atoms with Crippen molar-refractivity contribution in [1.82, 2.24) is 15.2 Å². The SMILES string of the molecule is CC(CC1COCCN1C(=O)OC(C)(C)C)NCc1nccs1. The van der Waals surface area contributed by atoms with Crippen LogP contribution in [0.15, 0.2) is 11.6 Å². The molecule has 0 spiro atoms. The van der Waals surface area contributed by atoms with Crippen LogP contribution in [-0.2, 0) is 16.0 Å². The van der Waals surface area contributed by atoms with Crippen molar-refractivity contribution in [1.29, 1.82) is 0 Å². The minimum atomic E-state index is -0.478. The van der Waals surface area contributed by atoms with Crippen LogP contribution in [0.1, 0.15) is 39.1 Å². The number of rotatable bonds is 5. The van der Waals surface area contributed by atoms with E-state index in [9.17, 15) is 4.79 Å². The summed E-state index contributed by atoms with van der Waals surface area (Å²) in [5, 5.41) is 6.50. The smallest absolute Gasteiger partial charge is 0.410 e. The largest absolute Gasteiger partial charge is 0.444 e. The van der Waals surface area contributed by atoms with E-state index in [-0.39, 0.29) is 18.2 Å². The van der Waals surface area contributed by atoms with Gasteiger partial charge in [-0.05, 0) is 34.1 Å². The molecule has 1 saturated heterocycles. The van der Waals surface area contributed by atoms with Gasteiger partial charge in [-0.25, -0.2) is 9.78 Å². The fraction of sp³-hybridized carbons (Fsp3) is 0.750. The summed E-state index contributed by atoms with van der Waals surface area (Å²) in [4.78, 5) is 18.4. The Morgan fingerprint density at radius 1 is 1.61 bits per heavy atom. The number of carbonyl (C=O) groups is 1. The molecule has 1 aromatic rings. The van der Waals surface area contributed by atoms with Crippen LogP contribution in [0.5, 0.6) is 0 Å². The maximum absolute atomic E-state index is 12.4. The van der Waals surface area contributed by atoms with Gasteiger partial charge in [0.2, 0.25) is 0 Å². The first-order valence-electron chi connectivity index (χ1n) is 8.04. The molecule has 2 rings (SSSR count). The number of nitrogens with one attached hydrogen (secondary N) is 1. The average molecular weight is 341 g/mol. The van der Waals surface area contributed by atoms with Gasteiger partial charge in [0, 0.05) is 30.7 Å². The second-order valence-corrected chi connectivity index (χ2v) is 7.83. The topological polar surface area (TPSA) is 63.7 Å². The molecule has 2 unspecified atom stereocenters. The zero-order valence-electron chi connectivity index (χ0n) is 14.4. The lowest BCUT2D eigenvalue weighted by Crippen LogP contribution is -2.52. The van der Waals surface area contributed by atoms with E-state index in [1.165, 1.54) is 0 Å². The molecule has 0 aromatic carbocycles. The van der Waals surface area contributed by atoms with Crippen molar-refractivity contribution in [3.05, 3.63) is 16.6 Å². The third-order valence-corrected chi connectivity index (χ3v) is 4.35. The van der Waals surface area contributed by atoms with Crippen LogP contribution in [-0.4, -0.2) is 53.4 Å². The van der Waals surface area contributed by atoms with Gasteiger partial charge in [-0.2, -0.15) is 0 Å². The summed E-state index contributed by atoms with van der Waals surface area (Å²) < 4.78 is 11.1. The number of amides is 1. The van der Waals surface area contributed by atoms with E-state index in [2.05, 4.69) is 17.2 Å². The van der Waals surface area contributed by atoms with E-state index < -0.39 is 5.60 Å². The van der Waals surface area contributed by atoms with Crippen molar-refractivity contribution in [2.75, 3.05) is 19.8 Å². The van der Waals surface area contributed by atoms with Gasteiger partial charge in [-0.3, -0.25) is 0 Å². The molecule has 0 aliphatic carbocycles. The molecule has 130 valence electrons. The summed E-state index contributed by atoms with van der Waals surface area (Å²) >= 11 is 1.64. The summed E-state index contributed by atoms with van der Waals surface area (Å²) in [6, 6.07) is 0.299. The van der Waals surface area contributed by atoms with Crippen molar-refractivity contribution in [2.24, 2.45) is 0 Å². The number of nitrogens with zero attached hydrogens (tertiary/aromatic N) is 2. The lowest BCUT2D eigenvalue weighted by Gasteiger charge is -2.37. The van der Waals surface area contributed by atoms with Crippen LogP contribution in [0, 0.1) is 0 Å². The van der Waals surface area contributed by atoms with Crippen molar-refractivity contribution in [3.8, 4) is 0 Å². The molecule has 0 bridgehead atoms. The second kappa shape index (κ2) is 8.08. The molecule has 23 heavy (non-hydrogen) atoms. The monoisotopic (exact) mass is 341 g/mol.